The highest BCUT2D eigenvalue weighted by atomic mass is 35.5. The number of H-pyrrole nitrogens is 1. The summed E-state index contributed by atoms with van der Waals surface area (Å²) in [5.41, 5.74) is 8.05. The number of anilines is 4. The van der Waals surface area contributed by atoms with Crippen molar-refractivity contribution >= 4 is 29.0 Å². The van der Waals surface area contributed by atoms with E-state index in [1.807, 2.05) is 18.2 Å². The Bertz CT molecular complexity index is 890. The van der Waals surface area contributed by atoms with E-state index >= 15 is 0 Å². The Morgan fingerprint density at radius 1 is 0.963 bits per heavy atom. The number of carbonyl (C=O) groups excluding carboxylic acids is 1. The van der Waals surface area contributed by atoms with Crippen molar-refractivity contribution in [2.24, 2.45) is 0 Å². The number of amides is 2. The topological polar surface area (TPSA) is 93.3 Å². The standard InChI is InChI=1S/C19H18FN5O.ClH/c20-14-8-6-13(7-9-14)12-22-17-11-10-16(18(21)25-17)24-19(26)23-15-4-2-1-3-5-15;/h1-11H,12H2,(H3,21,22,25)(H2,23,24,26);1H. The minimum absolute atomic E-state index is 0. The summed E-state index contributed by atoms with van der Waals surface area (Å²) in [6, 6.07) is 18.4. The van der Waals surface area contributed by atoms with Gasteiger partial charge in [0.15, 0.2) is 0 Å². The van der Waals surface area contributed by atoms with E-state index in [1.54, 1.807) is 36.4 Å². The smallest absolute Gasteiger partial charge is 0.323 e. The monoisotopic (exact) mass is 387 g/mol. The fourth-order valence-corrected chi connectivity index (χ4v) is 2.33. The van der Waals surface area contributed by atoms with Crippen molar-refractivity contribution in [1.82, 2.24) is 0 Å². The van der Waals surface area contributed by atoms with Gasteiger partial charge in [-0.15, -0.1) is 0 Å². The number of halogens is 2. The highest BCUT2D eigenvalue weighted by Gasteiger charge is 2.10. The molecule has 2 amide bonds. The van der Waals surface area contributed by atoms with Crippen LogP contribution in [-0.4, -0.2) is 6.03 Å². The number of nitrogens with two attached hydrogens (primary N) is 1. The highest BCUT2D eigenvalue weighted by Crippen LogP contribution is 2.16. The van der Waals surface area contributed by atoms with Crippen LogP contribution >= 0.6 is 0 Å². The van der Waals surface area contributed by atoms with Gasteiger partial charge >= 0.3 is 6.03 Å². The van der Waals surface area contributed by atoms with E-state index in [0.29, 0.717) is 29.6 Å². The first-order chi connectivity index (χ1) is 12.6. The predicted molar refractivity (Wildman–Crippen MR) is 100 cm³/mol. The van der Waals surface area contributed by atoms with Crippen LogP contribution in [0.2, 0.25) is 0 Å². The molecule has 1 aromatic heterocycles. The predicted octanol–water partition coefficient (Wildman–Crippen LogP) is 0.482. The van der Waals surface area contributed by atoms with Crippen LogP contribution in [0.25, 0.3) is 0 Å². The first-order valence-corrected chi connectivity index (χ1v) is 8.03. The average Bonchev–Trinajstić information content (AvgIpc) is 2.64. The molecular weight excluding hydrogens is 369 g/mol. The lowest BCUT2D eigenvalue weighted by molar-refractivity contribution is -0.342. The van der Waals surface area contributed by atoms with Crippen LogP contribution in [0.15, 0.2) is 66.7 Å². The third kappa shape index (κ3) is 5.86. The van der Waals surface area contributed by atoms with E-state index in [2.05, 4.69) is 20.9 Å². The van der Waals surface area contributed by atoms with Crippen LogP contribution in [0.3, 0.4) is 0 Å². The normalized spacial score (nSPS) is 9.81. The number of pyridine rings is 1. The van der Waals surface area contributed by atoms with E-state index < -0.39 is 0 Å². The Kier molecular flexibility index (Phi) is 6.96. The lowest BCUT2D eigenvalue weighted by Crippen LogP contribution is -3.00. The highest BCUT2D eigenvalue weighted by molar-refractivity contribution is 6.00. The summed E-state index contributed by atoms with van der Waals surface area (Å²) in [7, 11) is 0. The van der Waals surface area contributed by atoms with Gasteiger partial charge in [-0.05, 0) is 35.9 Å². The van der Waals surface area contributed by atoms with Gasteiger partial charge in [-0.1, -0.05) is 30.3 Å². The number of nitrogens with one attached hydrogen (secondary N) is 4. The van der Waals surface area contributed by atoms with Crippen molar-refractivity contribution < 1.29 is 26.6 Å². The number of hydrogen-bond acceptors (Lipinski definition) is 3. The van der Waals surface area contributed by atoms with Gasteiger partial charge in [0.2, 0.25) is 11.6 Å². The van der Waals surface area contributed by atoms with Crippen LogP contribution in [0.4, 0.5) is 32.2 Å². The fraction of sp³-hybridized carbons (Fsp3) is 0.0526. The molecule has 27 heavy (non-hydrogen) atoms. The molecule has 0 aliphatic rings. The summed E-state index contributed by atoms with van der Waals surface area (Å²) in [6.07, 6.45) is 0. The number of rotatable bonds is 5. The maximum Gasteiger partial charge on any atom is 0.323 e. The van der Waals surface area contributed by atoms with Crippen molar-refractivity contribution in [1.29, 1.82) is 0 Å². The number of aromatic amines is 1. The zero-order valence-electron chi connectivity index (χ0n) is 14.3. The van der Waals surface area contributed by atoms with Crippen molar-refractivity contribution in [3.63, 3.8) is 0 Å². The van der Waals surface area contributed by atoms with Crippen LogP contribution in [0, 0.1) is 5.82 Å². The summed E-state index contributed by atoms with van der Waals surface area (Å²) in [4.78, 5) is 15.0. The third-order valence-electron chi connectivity index (χ3n) is 3.65. The Labute approximate surface area is 162 Å². The molecule has 0 aliphatic heterocycles. The van der Waals surface area contributed by atoms with Crippen LogP contribution in [0.5, 0.6) is 0 Å². The number of carbonyl (C=O) groups is 1. The third-order valence-corrected chi connectivity index (χ3v) is 3.65. The molecule has 6 N–H and O–H groups in total. The Morgan fingerprint density at radius 2 is 1.67 bits per heavy atom. The minimum atomic E-state index is -0.386. The van der Waals surface area contributed by atoms with Crippen LogP contribution < -0.4 is 39.1 Å². The Morgan fingerprint density at radius 3 is 2.33 bits per heavy atom. The van der Waals surface area contributed by atoms with Gasteiger partial charge in [0.25, 0.3) is 0 Å². The molecule has 0 atom stereocenters. The number of nitrogen functional groups attached to an aromatic ring is 1. The zero-order valence-corrected chi connectivity index (χ0v) is 15.1. The molecule has 0 aliphatic carbocycles. The molecule has 0 bridgehead atoms. The molecule has 0 fully saturated rings. The van der Waals surface area contributed by atoms with Crippen LogP contribution in [0.1, 0.15) is 5.56 Å². The number of hydrogen-bond donors (Lipinski definition) is 4. The first kappa shape index (κ1) is 20.0. The van der Waals surface area contributed by atoms with Gasteiger partial charge in [0, 0.05) is 11.8 Å². The Balaban J connectivity index is 0.00000261. The van der Waals surface area contributed by atoms with Gasteiger partial charge in [-0.2, -0.15) is 0 Å². The number of para-hydroxylation sites is 1. The number of aromatic nitrogens is 1. The van der Waals surface area contributed by atoms with Crippen LogP contribution in [-0.2, 0) is 6.54 Å². The zero-order chi connectivity index (χ0) is 18.4. The quantitative estimate of drug-likeness (QED) is 0.513. The van der Waals surface area contributed by atoms with Gasteiger partial charge in [0.1, 0.15) is 11.5 Å². The van der Waals surface area contributed by atoms with E-state index in [9.17, 15) is 9.18 Å². The minimum Gasteiger partial charge on any atom is -1.00 e. The molecule has 0 radical (unpaired) electrons. The molecular formula is C19H19ClFN5O. The van der Waals surface area contributed by atoms with Crippen molar-refractivity contribution in [3.05, 3.63) is 78.1 Å². The first-order valence-electron chi connectivity index (χ1n) is 8.03. The number of urea groups is 1. The second-order valence-corrected chi connectivity index (χ2v) is 5.62. The molecule has 6 nitrogen and oxygen atoms in total. The second kappa shape index (κ2) is 9.40. The van der Waals surface area contributed by atoms with Crippen molar-refractivity contribution in [3.8, 4) is 0 Å². The van der Waals surface area contributed by atoms with E-state index in [4.69, 9.17) is 5.73 Å². The lowest BCUT2D eigenvalue weighted by Gasteiger charge is -2.09. The molecule has 0 spiro atoms. The van der Waals surface area contributed by atoms with Crippen molar-refractivity contribution in [2.45, 2.75) is 6.54 Å². The lowest BCUT2D eigenvalue weighted by atomic mass is 10.2. The van der Waals surface area contributed by atoms with Gasteiger partial charge in [-0.3, -0.25) is 0 Å². The molecule has 140 valence electrons. The molecule has 0 unspecified atom stereocenters. The Hall–Kier alpha value is -3.32. The van der Waals surface area contributed by atoms with E-state index in [0.717, 1.165) is 5.56 Å². The number of benzene rings is 2. The molecule has 3 rings (SSSR count). The summed E-state index contributed by atoms with van der Waals surface area (Å²) in [5.74, 6) is 0.729. The van der Waals surface area contributed by atoms with Gasteiger partial charge in [0.05, 0.1) is 6.54 Å². The van der Waals surface area contributed by atoms with E-state index in [1.165, 1.54) is 12.1 Å². The van der Waals surface area contributed by atoms with Gasteiger partial charge < -0.3 is 34.1 Å². The molecule has 2 aromatic carbocycles. The maximum atomic E-state index is 12.9. The largest absolute Gasteiger partial charge is 1.00 e. The molecule has 0 saturated carbocycles. The fourth-order valence-electron chi connectivity index (χ4n) is 2.33. The maximum absolute atomic E-state index is 12.9. The SMILES string of the molecule is Nc1[nH+]c(NCc2ccc(F)cc2)ccc1NC(=O)Nc1ccccc1.[Cl-]. The molecule has 1 heterocycles. The summed E-state index contributed by atoms with van der Waals surface area (Å²) in [5, 5.41) is 8.56. The molecule has 0 saturated heterocycles. The summed E-state index contributed by atoms with van der Waals surface area (Å²) >= 11 is 0. The summed E-state index contributed by atoms with van der Waals surface area (Å²) < 4.78 is 12.9. The molecule has 3 aromatic rings. The molecule has 8 heteroatoms. The summed E-state index contributed by atoms with van der Waals surface area (Å²) in [6.45, 7) is 0.511. The second-order valence-electron chi connectivity index (χ2n) is 5.62. The van der Waals surface area contributed by atoms with E-state index in [-0.39, 0.29) is 24.3 Å². The van der Waals surface area contributed by atoms with Crippen molar-refractivity contribution in [2.75, 3.05) is 21.7 Å². The van der Waals surface area contributed by atoms with Gasteiger partial charge in [-0.25, -0.2) is 14.2 Å². The average molecular weight is 388 g/mol.